The highest BCUT2D eigenvalue weighted by Gasteiger charge is 2.02. The number of thiazole rings is 1. The highest BCUT2D eigenvalue weighted by molar-refractivity contribution is 7.09. The first-order chi connectivity index (χ1) is 7.72. The van der Waals surface area contributed by atoms with Crippen molar-refractivity contribution in [2.75, 3.05) is 20.3 Å². The summed E-state index contributed by atoms with van der Waals surface area (Å²) in [6.45, 7) is 3.70. The van der Waals surface area contributed by atoms with Crippen molar-refractivity contribution in [2.45, 2.75) is 19.9 Å². The molecule has 1 aromatic heterocycles. The molecule has 6 heteroatoms. The Bertz CT molecular complexity index is 328. The van der Waals surface area contributed by atoms with Gasteiger partial charge in [-0.2, -0.15) is 0 Å². The van der Waals surface area contributed by atoms with Gasteiger partial charge >= 0.3 is 6.03 Å². The van der Waals surface area contributed by atoms with Crippen molar-refractivity contribution in [3.05, 3.63) is 16.1 Å². The molecule has 0 unspecified atom stereocenters. The van der Waals surface area contributed by atoms with Crippen molar-refractivity contribution in [1.29, 1.82) is 0 Å². The van der Waals surface area contributed by atoms with E-state index < -0.39 is 0 Å². The summed E-state index contributed by atoms with van der Waals surface area (Å²) < 4.78 is 4.88. The van der Waals surface area contributed by atoms with E-state index in [9.17, 15) is 4.79 Å². The van der Waals surface area contributed by atoms with Crippen LogP contribution < -0.4 is 10.6 Å². The Labute approximate surface area is 99.2 Å². The maximum Gasteiger partial charge on any atom is 0.315 e. The molecule has 16 heavy (non-hydrogen) atoms. The first kappa shape index (κ1) is 12.9. The Kier molecular flexibility index (Phi) is 5.81. The smallest absolute Gasteiger partial charge is 0.315 e. The van der Waals surface area contributed by atoms with Crippen LogP contribution >= 0.6 is 11.3 Å². The van der Waals surface area contributed by atoms with Gasteiger partial charge in [-0.25, -0.2) is 9.78 Å². The molecule has 2 N–H and O–H groups in total. The number of urea groups is 1. The van der Waals surface area contributed by atoms with Crippen molar-refractivity contribution < 1.29 is 9.53 Å². The molecule has 0 fully saturated rings. The van der Waals surface area contributed by atoms with Crippen molar-refractivity contribution in [3.8, 4) is 0 Å². The molecule has 0 radical (unpaired) electrons. The van der Waals surface area contributed by atoms with Crippen molar-refractivity contribution in [2.24, 2.45) is 0 Å². The van der Waals surface area contributed by atoms with Crippen molar-refractivity contribution >= 4 is 17.4 Å². The van der Waals surface area contributed by atoms with Gasteiger partial charge < -0.3 is 15.4 Å². The molecule has 1 heterocycles. The fraction of sp³-hybridized carbons (Fsp3) is 0.600. The standard InChI is InChI=1S/C10H17N3O2S/c1-8-7-16-9(13-8)6-12-10(14)11-4-3-5-15-2/h7H,3-6H2,1-2H3,(H2,11,12,14). The van der Waals surface area contributed by atoms with E-state index in [1.807, 2.05) is 12.3 Å². The van der Waals surface area contributed by atoms with Gasteiger partial charge in [0.05, 0.1) is 6.54 Å². The van der Waals surface area contributed by atoms with E-state index in [1.165, 1.54) is 0 Å². The minimum Gasteiger partial charge on any atom is -0.385 e. The molecule has 0 saturated heterocycles. The number of amides is 2. The molecule has 5 nitrogen and oxygen atoms in total. The molecule has 0 aliphatic rings. The van der Waals surface area contributed by atoms with E-state index in [0.29, 0.717) is 19.7 Å². The summed E-state index contributed by atoms with van der Waals surface area (Å²) in [6, 6.07) is -0.163. The lowest BCUT2D eigenvalue weighted by Gasteiger charge is -2.05. The molecule has 0 aromatic carbocycles. The second-order valence-corrected chi connectivity index (χ2v) is 4.28. The van der Waals surface area contributed by atoms with Crippen molar-refractivity contribution in [3.63, 3.8) is 0 Å². The summed E-state index contributed by atoms with van der Waals surface area (Å²) in [6.07, 6.45) is 0.820. The number of aryl methyl sites for hydroxylation is 1. The molecule has 0 aliphatic heterocycles. The van der Waals surface area contributed by atoms with Crippen LogP contribution in [-0.2, 0) is 11.3 Å². The second-order valence-electron chi connectivity index (χ2n) is 3.34. The highest BCUT2D eigenvalue weighted by Crippen LogP contribution is 2.07. The number of hydrogen-bond donors (Lipinski definition) is 2. The Morgan fingerprint density at radius 1 is 1.56 bits per heavy atom. The largest absolute Gasteiger partial charge is 0.385 e. The zero-order valence-corrected chi connectivity index (χ0v) is 10.4. The molecule has 2 amide bonds. The average Bonchev–Trinajstić information content (AvgIpc) is 2.68. The monoisotopic (exact) mass is 243 g/mol. The first-order valence-corrected chi connectivity index (χ1v) is 6.02. The van der Waals surface area contributed by atoms with Crippen LogP contribution in [0.3, 0.4) is 0 Å². The molecule has 0 atom stereocenters. The quantitative estimate of drug-likeness (QED) is 0.740. The van der Waals surface area contributed by atoms with Gasteiger partial charge in [-0.3, -0.25) is 0 Å². The Morgan fingerprint density at radius 2 is 2.38 bits per heavy atom. The third-order valence-electron chi connectivity index (χ3n) is 1.88. The molecule has 1 aromatic rings. The van der Waals surface area contributed by atoms with Crippen LogP contribution in [0.1, 0.15) is 17.1 Å². The van der Waals surface area contributed by atoms with E-state index >= 15 is 0 Å². The minimum atomic E-state index is -0.163. The number of carbonyl (C=O) groups is 1. The van der Waals surface area contributed by atoms with Crippen LogP contribution in [0.5, 0.6) is 0 Å². The number of ether oxygens (including phenoxy) is 1. The van der Waals surface area contributed by atoms with Crippen LogP contribution in [0.25, 0.3) is 0 Å². The van der Waals surface area contributed by atoms with E-state index in [-0.39, 0.29) is 6.03 Å². The SMILES string of the molecule is COCCCNC(=O)NCc1nc(C)cs1. The van der Waals surface area contributed by atoms with Crippen LogP contribution in [0, 0.1) is 6.92 Å². The molecular formula is C10H17N3O2S. The number of rotatable bonds is 6. The summed E-state index contributed by atoms with van der Waals surface area (Å²) in [4.78, 5) is 15.5. The summed E-state index contributed by atoms with van der Waals surface area (Å²) in [5, 5.41) is 8.37. The number of methoxy groups -OCH3 is 1. The molecule has 0 saturated carbocycles. The van der Waals surface area contributed by atoms with Gasteiger partial charge in [0.2, 0.25) is 0 Å². The highest BCUT2D eigenvalue weighted by atomic mass is 32.1. The Morgan fingerprint density at radius 3 is 3.00 bits per heavy atom. The first-order valence-electron chi connectivity index (χ1n) is 5.14. The van der Waals surface area contributed by atoms with E-state index in [2.05, 4.69) is 15.6 Å². The average molecular weight is 243 g/mol. The van der Waals surface area contributed by atoms with Gasteiger partial charge in [0, 0.05) is 31.3 Å². The van der Waals surface area contributed by atoms with Gasteiger partial charge in [0.1, 0.15) is 5.01 Å². The summed E-state index contributed by atoms with van der Waals surface area (Å²) in [5.74, 6) is 0. The lowest BCUT2D eigenvalue weighted by Crippen LogP contribution is -2.35. The van der Waals surface area contributed by atoms with Gasteiger partial charge in [0.15, 0.2) is 0 Å². The fourth-order valence-electron chi connectivity index (χ4n) is 1.12. The number of nitrogens with zero attached hydrogens (tertiary/aromatic N) is 1. The Balaban J connectivity index is 2.10. The maximum absolute atomic E-state index is 11.3. The maximum atomic E-state index is 11.3. The molecule has 90 valence electrons. The van der Waals surface area contributed by atoms with E-state index in [4.69, 9.17) is 4.74 Å². The summed E-state index contributed by atoms with van der Waals surface area (Å²) in [5.41, 5.74) is 0.988. The van der Waals surface area contributed by atoms with Crippen LogP contribution in [0.2, 0.25) is 0 Å². The predicted octanol–water partition coefficient (Wildman–Crippen LogP) is 1.29. The van der Waals surface area contributed by atoms with Crippen LogP contribution in [-0.4, -0.2) is 31.3 Å². The predicted molar refractivity (Wildman–Crippen MR) is 63.6 cm³/mol. The van der Waals surface area contributed by atoms with Crippen LogP contribution in [0.4, 0.5) is 4.79 Å². The lowest BCUT2D eigenvalue weighted by atomic mass is 10.4. The van der Waals surface area contributed by atoms with E-state index in [0.717, 1.165) is 17.1 Å². The van der Waals surface area contributed by atoms with Gasteiger partial charge in [-0.05, 0) is 13.3 Å². The minimum absolute atomic E-state index is 0.163. The Hall–Kier alpha value is -1.14. The van der Waals surface area contributed by atoms with Crippen LogP contribution in [0.15, 0.2) is 5.38 Å². The van der Waals surface area contributed by atoms with Gasteiger partial charge in [-0.15, -0.1) is 11.3 Å². The second kappa shape index (κ2) is 7.19. The molecule has 1 rings (SSSR count). The molecular weight excluding hydrogens is 226 g/mol. The molecule has 0 bridgehead atoms. The zero-order valence-electron chi connectivity index (χ0n) is 9.58. The van der Waals surface area contributed by atoms with Gasteiger partial charge in [0.25, 0.3) is 0 Å². The number of nitrogens with one attached hydrogen (secondary N) is 2. The van der Waals surface area contributed by atoms with Crippen molar-refractivity contribution in [1.82, 2.24) is 15.6 Å². The number of aromatic nitrogens is 1. The zero-order chi connectivity index (χ0) is 11.8. The number of carbonyl (C=O) groups excluding carboxylic acids is 1. The van der Waals surface area contributed by atoms with Gasteiger partial charge in [-0.1, -0.05) is 0 Å². The normalized spacial score (nSPS) is 10.1. The summed E-state index contributed by atoms with van der Waals surface area (Å²) >= 11 is 1.55. The fourth-order valence-corrected chi connectivity index (χ4v) is 1.83. The molecule has 0 spiro atoms. The third kappa shape index (κ3) is 5.09. The topological polar surface area (TPSA) is 63.2 Å². The van der Waals surface area contributed by atoms with E-state index in [1.54, 1.807) is 18.4 Å². The lowest BCUT2D eigenvalue weighted by molar-refractivity contribution is 0.193. The molecule has 0 aliphatic carbocycles. The summed E-state index contributed by atoms with van der Waals surface area (Å²) in [7, 11) is 1.64. The number of hydrogen-bond acceptors (Lipinski definition) is 4. The third-order valence-corrected chi connectivity index (χ3v) is 2.84.